The maximum absolute atomic E-state index is 10.4. The quantitative estimate of drug-likeness (QED) is 0.507. The molecule has 0 heterocycles. The predicted molar refractivity (Wildman–Crippen MR) is 51.1 cm³/mol. The lowest BCUT2D eigenvalue weighted by Gasteiger charge is -2.40. The van der Waals surface area contributed by atoms with Gasteiger partial charge in [-0.1, -0.05) is 20.8 Å². The van der Waals surface area contributed by atoms with Gasteiger partial charge in [0.1, 0.15) is 6.10 Å². The van der Waals surface area contributed by atoms with Crippen LogP contribution in [0.2, 0.25) is 0 Å². The van der Waals surface area contributed by atoms with Gasteiger partial charge >= 0.3 is 0 Å². The van der Waals surface area contributed by atoms with Crippen molar-refractivity contribution in [3.8, 4) is 0 Å². The van der Waals surface area contributed by atoms with E-state index in [1.54, 1.807) is 0 Å². The van der Waals surface area contributed by atoms with Gasteiger partial charge in [0.2, 0.25) is 0 Å². The third-order valence-electron chi connectivity index (χ3n) is 4.33. The summed E-state index contributed by atoms with van der Waals surface area (Å²) in [4.78, 5) is 15.3. The van der Waals surface area contributed by atoms with E-state index in [0.717, 1.165) is 12.8 Å². The van der Waals surface area contributed by atoms with Gasteiger partial charge in [0.05, 0.1) is 0 Å². The smallest absolute Gasteiger partial charge is 0.294 e. The summed E-state index contributed by atoms with van der Waals surface area (Å²) >= 11 is 0. The number of hydrogen-bond donors (Lipinski definition) is 0. The van der Waals surface area contributed by atoms with Crippen LogP contribution in [0.5, 0.6) is 0 Å². The molecule has 14 heavy (non-hydrogen) atoms. The molecule has 3 unspecified atom stereocenters. The monoisotopic (exact) mass is 199 g/mol. The van der Waals surface area contributed by atoms with Gasteiger partial charge in [0, 0.05) is 0 Å². The molecule has 0 aromatic rings. The molecule has 2 fully saturated rings. The molecule has 2 aliphatic carbocycles. The molecule has 0 spiro atoms. The number of nitrogens with zero attached hydrogens (tertiary/aromatic N) is 1. The van der Waals surface area contributed by atoms with E-state index in [2.05, 4.69) is 20.8 Å². The Morgan fingerprint density at radius 1 is 1.43 bits per heavy atom. The Hall–Kier alpha value is -0.800. The predicted octanol–water partition coefficient (Wildman–Crippen LogP) is 2.41. The first-order valence-electron chi connectivity index (χ1n) is 5.17. The van der Waals surface area contributed by atoms with Crippen molar-refractivity contribution >= 4 is 0 Å². The van der Waals surface area contributed by atoms with Crippen LogP contribution < -0.4 is 0 Å². The lowest BCUT2D eigenvalue weighted by Crippen LogP contribution is -2.43. The molecule has 0 radical (unpaired) electrons. The summed E-state index contributed by atoms with van der Waals surface area (Å²) < 4.78 is 0. The first-order chi connectivity index (χ1) is 6.36. The summed E-state index contributed by atoms with van der Waals surface area (Å²) in [6, 6.07) is 0. The van der Waals surface area contributed by atoms with E-state index in [4.69, 9.17) is 4.84 Å². The molecular weight excluding hydrogens is 182 g/mol. The highest BCUT2D eigenvalue weighted by Gasteiger charge is 2.61. The van der Waals surface area contributed by atoms with E-state index in [0.29, 0.717) is 5.92 Å². The lowest BCUT2D eigenvalue weighted by atomic mass is 9.70. The number of rotatable bonds is 2. The Morgan fingerprint density at radius 2 is 2.07 bits per heavy atom. The van der Waals surface area contributed by atoms with E-state index in [-0.39, 0.29) is 16.9 Å². The minimum atomic E-state index is -0.627. The van der Waals surface area contributed by atoms with Crippen LogP contribution in [0, 0.1) is 26.9 Å². The molecule has 3 atom stereocenters. The lowest BCUT2D eigenvalue weighted by molar-refractivity contribution is -0.776. The highest BCUT2D eigenvalue weighted by atomic mass is 17.0. The maximum Gasteiger partial charge on any atom is 0.294 e. The summed E-state index contributed by atoms with van der Waals surface area (Å²) in [5, 5.41) is 9.82. The normalized spacial score (nSPS) is 43.9. The zero-order valence-corrected chi connectivity index (χ0v) is 8.95. The molecule has 0 saturated heterocycles. The van der Waals surface area contributed by atoms with Crippen LogP contribution in [0.4, 0.5) is 0 Å². The van der Waals surface area contributed by atoms with Crippen molar-refractivity contribution in [2.24, 2.45) is 16.7 Å². The van der Waals surface area contributed by atoms with Crippen molar-refractivity contribution < 1.29 is 9.92 Å². The van der Waals surface area contributed by atoms with Crippen LogP contribution in [0.1, 0.15) is 40.0 Å². The average Bonchev–Trinajstić information content (AvgIpc) is 2.49. The minimum Gasteiger partial charge on any atom is -0.309 e. The van der Waals surface area contributed by atoms with Crippen LogP contribution in [0.25, 0.3) is 0 Å². The summed E-state index contributed by atoms with van der Waals surface area (Å²) in [5.41, 5.74) is -0.0126. The molecule has 2 saturated carbocycles. The van der Waals surface area contributed by atoms with Gasteiger partial charge in [-0.2, -0.15) is 0 Å². The fourth-order valence-electron chi connectivity index (χ4n) is 3.61. The van der Waals surface area contributed by atoms with Crippen molar-refractivity contribution in [2.75, 3.05) is 0 Å². The van der Waals surface area contributed by atoms with Gasteiger partial charge in [-0.05, 0) is 36.0 Å². The molecule has 2 rings (SSSR count). The summed E-state index contributed by atoms with van der Waals surface area (Å²) in [6.45, 7) is 6.31. The van der Waals surface area contributed by atoms with Gasteiger partial charge in [-0.3, -0.25) is 0 Å². The fourth-order valence-corrected chi connectivity index (χ4v) is 3.61. The van der Waals surface area contributed by atoms with Crippen LogP contribution in [0.3, 0.4) is 0 Å². The fraction of sp³-hybridized carbons (Fsp3) is 1.00. The minimum absolute atomic E-state index is 0.0290. The maximum atomic E-state index is 10.4. The van der Waals surface area contributed by atoms with Gasteiger partial charge < -0.3 is 4.84 Å². The van der Waals surface area contributed by atoms with E-state index in [9.17, 15) is 10.1 Å². The van der Waals surface area contributed by atoms with Crippen LogP contribution >= 0.6 is 0 Å². The van der Waals surface area contributed by atoms with Crippen LogP contribution in [0.15, 0.2) is 0 Å². The van der Waals surface area contributed by atoms with Crippen molar-refractivity contribution in [1.29, 1.82) is 0 Å². The first-order valence-corrected chi connectivity index (χ1v) is 5.17. The molecule has 2 bridgehead atoms. The third-order valence-corrected chi connectivity index (χ3v) is 4.33. The molecule has 0 aromatic carbocycles. The summed E-state index contributed by atoms with van der Waals surface area (Å²) in [5.74, 6) is 0.595. The Kier molecular flexibility index (Phi) is 1.82. The second kappa shape index (κ2) is 2.61. The standard InChI is InChI=1S/C10H17NO3/c1-9(2)7-4-5-10(3,6-7)8(9)14-11(12)13/h7-8H,4-6H2,1-3H3. The second-order valence-corrected chi connectivity index (χ2v) is 5.62. The molecule has 2 aliphatic rings. The van der Waals surface area contributed by atoms with Crippen molar-refractivity contribution in [1.82, 2.24) is 0 Å². The molecule has 4 heteroatoms. The van der Waals surface area contributed by atoms with Crippen LogP contribution in [-0.4, -0.2) is 11.2 Å². The van der Waals surface area contributed by atoms with Crippen molar-refractivity contribution in [3.05, 3.63) is 10.1 Å². The Morgan fingerprint density at radius 3 is 2.50 bits per heavy atom. The van der Waals surface area contributed by atoms with E-state index < -0.39 is 5.09 Å². The molecule has 4 nitrogen and oxygen atoms in total. The molecule has 0 aromatic heterocycles. The van der Waals surface area contributed by atoms with Gasteiger partial charge in [-0.15, -0.1) is 10.1 Å². The van der Waals surface area contributed by atoms with Crippen molar-refractivity contribution in [2.45, 2.75) is 46.1 Å². The van der Waals surface area contributed by atoms with E-state index in [1.165, 1.54) is 6.42 Å². The topological polar surface area (TPSA) is 52.4 Å². The first kappa shape index (κ1) is 9.74. The largest absolute Gasteiger partial charge is 0.309 e. The summed E-state index contributed by atoms with van der Waals surface area (Å²) in [6.07, 6.45) is 3.13. The average molecular weight is 199 g/mol. The van der Waals surface area contributed by atoms with Crippen molar-refractivity contribution in [3.63, 3.8) is 0 Å². The van der Waals surface area contributed by atoms with Gasteiger partial charge in [-0.25, -0.2) is 0 Å². The van der Waals surface area contributed by atoms with E-state index in [1.807, 2.05) is 0 Å². The number of hydrogen-bond acceptors (Lipinski definition) is 3. The molecule has 0 N–H and O–H groups in total. The van der Waals surface area contributed by atoms with Gasteiger partial charge in [0.25, 0.3) is 5.09 Å². The number of fused-ring (bicyclic) bond motifs is 2. The zero-order chi connectivity index (χ0) is 10.6. The van der Waals surface area contributed by atoms with E-state index >= 15 is 0 Å². The van der Waals surface area contributed by atoms with Crippen LogP contribution in [-0.2, 0) is 4.84 Å². The molecular formula is C10H17NO3. The Bertz CT molecular complexity index is 272. The van der Waals surface area contributed by atoms with Gasteiger partial charge in [0.15, 0.2) is 0 Å². The molecule has 80 valence electrons. The SMILES string of the molecule is CC12CCC(C1)C(C)(C)C2O[N+](=O)[O-]. The summed E-state index contributed by atoms with van der Waals surface area (Å²) in [7, 11) is 0. The second-order valence-electron chi connectivity index (χ2n) is 5.62. The molecule has 0 amide bonds. The Balaban J connectivity index is 2.25. The third kappa shape index (κ3) is 1.12. The Labute approximate surface area is 83.7 Å². The highest BCUT2D eigenvalue weighted by molar-refractivity contribution is 5.09. The zero-order valence-electron chi connectivity index (χ0n) is 8.95. The molecule has 0 aliphatic heterocycles. The highest BCUT2D eigenvalue weighted by Crippen LogP contribution is 2.63.